The van der Waals surface area contributed by atoms with Gasteiger partial charge in [0.05, 0.1) is 17.8 Å². The molecule has 0 saturated heterocycles. The number of amides is 1. The van der Waals surface area contributed by atoms with E-state index >= 15 is 0 Å². The fraction of sp³-hybridized carbons (Fsp3) is 0.0870. The van der Waals surface area contributed by atoms with Crippen molar-refractivity contribution < 1.29 is 18.7 Å². The molecule has 1 N–H and O–H groups in total. The van der Waals surface area contributed by atoms with Crippen LogP contribution in [-0.2, 0) is 0 Å². The van der Waals surface area contributed by atoms with Gasteiger partial charge in [-0.2, -0.15) is 10.4 Å². The summed E-state index contributed by atoms with van der Waals surface area (Å²) < 4.78 is 17.0. The molecule has 154 valence electrons. The molecule has 0 aliphatic rings. The Bertz CT molecular complexity index is 1350. The Hall–Kier alpha value is -3.83. The minimum atomic E-state index is -0.462. The van der Waals surface area contributed by atoms with Crippen LogP contribution in [0.4, 0.5) is 0 Å². The summed E-state index contributed by atoms with van der Waals surface area (Å²) >= 11 is 3.39. The number of hydrogen-bond donors (Lipinski definition) is 1. The lowest BCUT2D eigenvalue weighted by Crippen LogP contribution is -2.16. The quantitative estimate of drug-likeness (QED) is 0.310. The van der Waals surface area contributed by atoms with E-state index in [1.165, 1.54) is 13.3 Å². The summed E-state index contributed by atoms with van der Waals surface area (Å²) in [6.07, 6.45) is 1.47. The molecular weight excluding hydrogens is 462 g/mol. The number of fused-ring (bicyclic) bond motifs is 3. The number of nitrogens with one attached hydrogen (secondary N) is 1. The molecule has 1 heterocycles. The summed E-state index contributed by atoms with van der Waals surface area (Å²) in [5.74, 6) is 0.556. The summed E-state index contributed by atoms with van der Waals surface area (Å²) in [4.78, 5) is 12.5. The third-order valence-electron chi connectivity index (χ3n) is 4.56. The first-order valence-corrected chi connectivity index (χ1v) is 10.0. The van der Waals surface area contributed by atoms with Crippen LogP contribution in [-0.4, -0.2) is 25.8 Å². The number of hydrogen-bond acceptors (Lipinski definition) is 6. The first kappa shape index (κ1) is 20.4. The van der Waals surface area contributed by atoms with Gasteiger partial charge in [-0.05, 0) is 56.5 Å². The smallest absolute Gasteiger partial charge is 0.307 e. The minimum absolute atomic E-state index is 0.106. The van der Waals surface area contributed by atoms with Gasteiger partial charge < -0.3 is 13.9 Å². The summed E-state index contributed by atoms with van der Waals surface area (Å²) in [7, 11) is 1.50. The lowest BCUT2D eigenvalue weighted by molar-refractivity contribution is 0.0929. The summed E-state index contributed by atoms with van der Waals surface area (Å²) in [5.41, 5.74) is 3.76. The van der Waals surface area contributed by atoms with Crippen molar-refractivity contribution in [2.24, 2.45) is 5.10 Å². The Kier molecular flexibility index (Phi) is 5.87. The molecule has 0 fully saturated rings. The topological polar surface area (TPSA) is 96.8 Å². The highest BCUT2D eigenvalue weighted by Gasteiger charge is 2.14. The third-order valence-corrected chi connectivity index (χ3v) is 5.15. The second kappa shape index (κ2) is 8.90. The first-order chi connectivity index (χ1) is 15.1. The van der Waals surface area contributed by atoms with Crippen LogP contribution < -0.4 is 14.9 Å². The van der Waals surface area contributed by atoms with Gasteiger partial charge in [-0.3, -0.25) is 4.79 Å². The van der Waals surface area contributed by atoms with Crippen LogP contribution in [0.1, 0.15) is 16.1 Å². The molecule has 31 heavy (non-hydrogen) atoms. The van der Waals surface area contributed by atoms with Crippen LogP contribution in [0.5, 0.6) is 11.5 Å². The number of methoxy groups -OCH3 is 1. The van der Waals surface area contributed by atoms with Crippen molar-refractivity contribution in [1.29, 1.82) is 5.26 Å². The molecule has 4 aromatic rings. The van der Waals surface area contributed by atoms with E-state index in [1.807, 2.05) is 42.5 Å². The van der Waals surface area contributed by atoms with E-state index in [1.54, 1.807) is 18.2 Å². The van der Waals surface area contributed by atoms with E-state index in [4.69, 9.17) is 19.2 Å². The van der Waals surface area contributed by atoms with E-state index in [-0.39, 0.29) is 12.4 Å². The number of rotatable bonds is 6. The van der Waals surface area contributed by atoms with Gasteiger partial charge in [0.2, 0.25) is 0 Å². The number of halogens is 1. The minimum Gasteiger partial charge on any atom is -0.493 e. The molecule has 8 heteroatoms. The fourth-order valence-corrected chi connectivity index (χ4v) is 3.76. The molecule has 0 saturated carbocycles. The molecule has 0 bridgehead atoms. The molecule has 3 aromatic carbocycles. The second-order valence-corrected chi connectivity index (χ2v) is 7.34. The highest BCUT2D eigenvalue weighted by molar-refractivity contribution is 9.10. The standard InChI is InChI=1S/C23H16BrN3O4/c1-29-20-11-14(10-18(24)22(20)30-9-8-25)13-26-27-23(28)21-12-17-16-5-3-2-4-15(16)6-7-19(17)31-21/h2-7,10-13H,9H2,1H3,(H,27,28)/b26-13+. The van der Waals surface area contributed by atoms with Gasteiger partial charge in [0.15, 0.2) is 23.9 Å². The van der Waals surface area contributed by atoms with Crippen LogP contribution in [0.2, 0.25) is 0 Å². The van der Waals surface area contributed by atoms with Crippen molar-refractivity contribution in [2.45, 2.75) is 0 Å². The van der Waals surface area contributed by atoms with E-state index in [9.17, 15) is 4.79 Å². The molecule has 0 aliphatic heterocycles. The molecule has 1 aromatic heterocycles. The Morgan fingerprint density at radius 2 is 2.06 bits per heavy atom. The molecule has 0 atom stereocenters. The Balaban J connectivity index is 1.53. The summed E-state index contributed by atoms with van der Waals surface area (Å²) in [5, 5.41) is 15.7. The van der Waals surface area contributed by atoms with E-state index in [0.717, 1.165) is 16.2 Å². The number of benzene rings is 3. The first-order valence-electron chi connectivity index (χ1n) is 9.22. The zero-order valence-electron chi connectivity index (χ0n) is 16.4. The maximum atomic E-state index is 12.5. The van der Waals surface area contributed by atoms with Gasteiger partial charge in [0.25, 0.3) is 0 Å². The maximum Gasteiger partial charge on any atom is 0.307 e. The number of carbonyl (C=O) groups is 1. The lowest BCUT2D eigenvalue weighted by Gasteiger charge is -2.11. The maximum absolute atomic E-state index is 12.5. The number of nitriles is 1. The fourth-order valence-electron chi connectivity index (χ4n) is 3.18. The molecule has 0 spiro atoms. The zero-order valence-corrected chi connectivity index (χ0v) is 18.0. The highest BCUT2D eigenvalue weighted by Crippen LogP contribution is 2.36. The van der Waals surface area contributed by atoms with Gasteiger partial charge in [-0.25, -0.2) is 5.43 Å². The van der Waals surface area contributed by atoms with Crippen molar-refractivity contribution in [3.05, 3.63) is 70.4 Å². The van der Waals surface area contributed by atoms with Crippen LogP contribution in [0.25, 0.3) is 21.7 Å². The number of furan rings is 1. The molecular formula is C23H16BrN3O4. The van der Waals surface area contributed by atoms with Crippen molar-refractivity contribution in [1.82, 2.24) is 5.43 Å². The van der Waals surface area contributed by atoms with Gasteiger partial charge in [0, 0.05) is 5.39 Å². The molecule has 7 nitrogen and oxygen atoms in total. The van der Waals surface area contributed by atoms with Gasteiger partial charge in [-0.15, -0.1) is 0 Å². The predicted molar refractivity (Wildman–Crippen MR) is 121 cm³/mol. The summed E-state index contributed by atoms with van der Waals surface area (Å²) in [6.45, 7) is -0.106. The third kappa shape index (κ3) is 4.22. The van der Waals surface area contributed by atoms with E-state index in [0.29, 0.717) is 27.1 Å². The summed E-state index contributed by atoms with van der Waals surface area (Å²) in [6, 6.07) is 18.7. The average Bonchev–Trinajstić information content (AvgIpc) is 3.23. The van der Waals surface area contributed by atoms with Gasteiger partial charge >= 0.3 is 5.91 Å². The van der Waals surface area contributed by atoms with Crippen LogP contribution in [0.15, 0.2) is 68.6 Å². The lowest BCUT2D eigenvalue weighted by atomic mass is 10.1. The van der Waals surface area contributed by atoms with Crippen molar-refractivity contribution in [3.63, 3.8) is 0 Å². The molecule has 0 radical (unpaired) electrons. The van der Waals surface area contributed by atoms with Gasteiger partial charge in [0.1, 0.15) is 11.7 Å². The van der Waals surface area contributed by atoms with Crippen molar-refractivity contribution in [3.8, 4) is 17.6 Å². The van der Waals surface area contributed by atoms with Gasteiger partial charge in [-0.1, -0.05) is 30.3 Å². The largest absolute Gasteiger partial charge is 0.493 e. The van der Waals surface area contributed by atoms with E-state index in [2.05, 4.69) is 26.5 Å². The Morgan fingerprint density at radius 1 is 1.23 bits per heavy atom. The predicted octanol–water partition coefficient (Wildman–Crippen LogP) is 5.02. The second-order valence-electron chi connectivity index (χ2n) is 6.49. The molecule has 1 amide bonds. The molecule has 0 unspecified atom stereocenters. The normalized spacial score (nSPS) is 11.0. The number of ether oxygens (including phenoxy) is 2. The number of carbonyl (C=O) groups excluding carboxylic acids is 1. The zero-order chi connectivity index (χ0) is 21.8. The SMILES string of the molecule is COc1cc(/C=N/NC(=O)c2cc3c(ccc4ccccc43)o2)cc(Br)c1OCC#N. The van der Waals surface area contributed by atoms with Crippen molar-refractivity contribution in [2.75, 3.05) is 13.7 Å². The van der Waals surface area contributed by atoms with Crippen LogP contribution >= 0.6 is 15.9 Å². The van der Waals surface area contributed by atoms with Crippen molar-refractivity contribution >= 4 is 49.8 Å². The monoisotopic (exact) mass is 477 g/mol. The van der Waals surface area contributed by atoms with Crippen LogP contribution in [0, 0.1) is 11.3 Å². The average molecular weight is 478 g/mol. The van der Waals surface area contributed by atoms with Crippen LogP contribution in [0.3, 0.4) is 0 Å². The number of hydrazone groups is 1. The molecule has 0 aliphatic carbocycles. The Morgan fingerprint density at radius 3 is 2.87 bits per heavy atom. The highest BCUT2D eigenvalue weighted by atomic mass is 79.9. The Labute approximate surface area is 186 Å². The number of nitrogens with zero attached hydrogens (tertiary/aromatic N) is 2. The molecule has 4 rings (SSSR count). The van der Waals surface area contributed by atoms with E-state index < -0.39 is 5.91 Å².